The minimum atomic E-state index is -0.238. The average molecular weight is 527 g/mol. The summed E-state index contributed by atoms with van der Waals surface area (Å²) in [5.41, 5.74) is 2.29. The van der Waals surface area contributed by atoms with Crippen molar-refractivity contribution in [3.05, 3.63) is 36.7 Å². The minimum Gasteiger partial charge on any atom is -0.476 e. The third kappa shape index (κ3) is 9.02. The predicted octanol–water partition coefficient (Wildman–Crippen LogP) is 7.41. The van der Waals surface area contributed by atoms with Crippen molar-refractivity contribution in [3.8, 4) is 11.6 Å². The molecule has 202 valence electrons. The van der Waals surface area contributed by atoms with Crippen molar-refractivity contribution < 1.29 is 14.3 Å². The number of hydrogen-bond donors (Lipinski definition) is 0. The van der Waals surface area contributed by atoms with Gasteiger partial charge in [0.1, 0.15) is 16.9 Å². The Balaban J connectivity index is 1.62. The van der Waals surface area contributed by atoms with Crippen molar-refractivity contribution >= 4 is 28.8 Å². The van der Waals surface area contributed by atoms with Crippen LogP contribution in [0.4, 0.5) is 0 Å². The number of fused-ring (bicyclic) bond motifs is 1. The number of rotatable bonds is 18. The maximum absolute atomic E-state index is 12.0. The molecule has 1 atom stereocenters. The van der Waals surface area contributed by atoms with E-state index in [2.05, 4.69) is 16.9 Å². The molecule has 0 N–H and O–H groups in total. The zero-order valence-electron chi connectivity index (χ0n) is 22.7. The Bertz CT molecular complexity index is 1070. The molecular formula is C29H42N4O3S. The average Bonchev–Trinajstić information content (AvgIpc) is 3.30. The molecule has 2 aromatic heterocycles. The number of carbonyl (C=O) groups is 1. The second kappa shape index (κ2) is 16.3. The Morgan fingerprint density at radius 2 is 1.59 bits per heavy atom. The summed E-state index contributed by atoms with van der Waals surface area (Å²) in [5, 5.41) is 5.58. The number of benzene rings is 1. The molecule has 0 radical (unpaired) electrons. The maximum atomic E-state index is 12.0. The summed E-state index contributed by atoms with van der Waals surface area (Å²) in [6, 6.07) is 9.95. The standard InChI is InChI=1S/C29H42N4O3S/c1-4-6-7-8-9-10-11-12-13-17-20-36-28-26-25(32-33(28)24-18-15-14-16-19-24)27(31-22-30-26)37-21-23(3)29(34)35-5-2/h14-16,18-19,22-23H,4-13,17,20-21H2,1-3H3. The first-order chi connectivity index (χ1) is 18.2. The van der Waals surface area contributed by atoms with Crippen LogP contribution in [0.1, 0.15) is 85.0 Å². The Morgan fingerprint density at radius 3 is 2.27 bits per heavy atom. The number of esters is 1. The number of unbranched alkanes of at least 4 members (excludes halogenated alkanes) is 9. The van der Waals surface area contributed by atoms with Crippen molar-refractivity contribution in [3.63, 3.8) is 0 Å². The molecule has 2 heterocycles. The largest absolute Gasteiger partial charge is 0.476 e. The normalized spacial score (nSPS) is 12.1. The zero-order valence-corrected chi connectivity index (χ0v) is 23.5. The molecule has 0 aliphatic rings. The molecule has 3 rings (SSSR count). The van der Waals surface area contributed by atoms with E-state index >= 15 is 0 Å². The zero-order chi connectivity index (χ0) is 26.3. The molecule has 0 bridgehead atoms. The van der Waals surface area contributed by atoms with Gasteiger partial charge in [-0.2, -0.15) is 9.78 Å². The van der Waals surface area contributed by atoms with E-state index in [4.69, 9.17) is 14.6 Å². The van der Waals surface area contributed by atoms with Crippen LogP contribution in [0.25, 0.3) is 16.7 Å². The summed E-state index contributed by atoms with van der Waals surface area (Å²) in [6.07, 6.45) is 14.4. The highest BCUT2D eigenvalue weighted by Gasteiger charge is 2.21. The summed E-state index contributed by atoms with van der Waals surface area (Å²) in [7, 11) is 0. The lowest BCUT2D eigenvalue weighted by Gasteiger charge is -2.09. The highest BCUT2D eigenvalue weighted by molar-refractivity contribution is 7.99. The SMILES string of the molecule is CCCCCCCCCCCCOc1c2ncnc(SCC(C)C(=O)OCC)c2nn1-c1ccccc1. The van der Waals surface area contributed by atoms with Crippen LogP contribution in [0.3, 0.4) is 0 Å². The van der Waals surface area contributed by atoms with E-state index in [0.717, 1.165) is 23.6 Å². The molecular weight excluding hydrogens is 484 g/mol. The lowest BCUT2D eigenvalue weighted by Crippen LogP contribution is -2.16. The number of para-hydroxylation sites is 1. The summed E-state index contributed by atoms with van der Waals surface area (Å²) < 4.78 is 13.2. The van der Waals surface area contributed by atoms with Gasteiger partial charge in [-0.05, 0) is 25.5 Å². The van der Waals surface area contributed by atoms with Crippen LogP contribution in [-0.2, 0) is 9.53 Å². The number of hydrogen-bond acceptors (Lipinski definition) is 7. The van der Waals surface area contributed by atoms with Crippen molar-refractivity contribution in [2.24, 2.45) is 5.92 Å². The van der Waals surface area contributed by atoms with Gasteiger partial charge in [-0.25, -0.2) is 9.97 Å². The number of ether oxygens (including phenoxy) is 2. The van der Waals surface area contributed by atoms with Crippen molar-refractivity contribution in [2.75, 3.05) is 19.0 Å². The molecule has 0 aliphatic carbocycles. The predicted molar refractivity (Wildman–Crippen MR) is 151 cm³/mol. The number of nitrogens with zero attached hydrogens (tertiary/aromatic N) is 4. The molecule has 3 aromatic rings. The molecule has 0 amide bonds. The summed E-state index contributed by atoms with van der Waals surface area (Å²) >= 11 is 1.49. The van der Waals surface area contributed by atoms with E-state index in [1.165, 1.54) is 63.1 Å². The maximum Gasteiger partial charge on any atom is 0.309 e. The minimum absolute atomic E-state index is 0.198. The van der Waals surface area contributed by atoms with Crippen LogP contribution >= 0.6 is 11.8 Å². The van der Waals surface area contributed by atoms with Crippen molar-refractivity contribution in [1.82, 2.24) is 19.7 Å². The molecule has 1 aromatic carbocycles. The lowest BCUT2D eigenvalue weighted by molar-refractivity contribution is -0.146. The van der Waals surface area contributed by atoms with Gasteiger partial charge in [0.05, 0.1) is 24.8 Å². The topological polar surface area (TPSA) is 79.1 Å². The van der Waals surface area contributed by atoms with Gasteiger partial charge in [0.25, 0.3) is 0 Å². The third-order valence-corrected chi connectivity index (χ3v) is 7.52. The molecule has 0 spiro atoms. The third-order valence-electron chi connectivity index (χ3n) is 6.28. The fraction of sp³-hybridized carbons (Fsp3) is 0.586. The van der Waals surface area contributed by atoms with E-state index in [0.29, 0.717) is 35.9 Å². The van der Waals surface area contributed by atoms with Gasteiger partial charge in [-0.15, -0.1) is 11.8 Å². The van der Waals surface area contributed by atoms with E-state index in [-0.39, 0.29) is 11.9 Å². The first kappa shape index (κ1) is 29.0. The fourth-order valence-electron chi connectivity index (χ4n) is 4.15. The number of carbonyl (C=O) groups excluding carboxylic acids is 1. The number of aromatic nitrogens is 4. The monoisotopic (exact) mass is 526 g/mol. The van der Waals surface area contributed by atoms with E-state index in [1.54, 1.807) is 6.33 Å². The summed E-state index contributed by atoms with van der Waals surface area (Å²) in [4.78, 5) is 21.0. The summed E-state index contributed by atoms with van der Waals surface area (Å²) in [6.45, 7) is 6.95. The Kier molecular flexibility index (Phi) is 12.7. The van der Waals surface area contributed by atoms with Gasteiger partial charge in [0.15, 0.2) is 5.52 Å². The van der Waals surface area contributed by atoms with Gasteiger partial charge in [-0.1, -0.05) is 89.8 Å². The van der Waals surface area contributed by atoms with Crippen LogP contribution in [0.5, 0.6) is 5.88 Å². The molecule has 37 heavy (non-hydrogen) atoms. The van der Waals surface area contributed by atoms with Crippen molar-refractivity contribution in [1.29, 1.82) is 0 Å². The van der Waals surface area contributed by atoms with Crippen LogP contribution in [-0.4, -0.2) is 44.7 Å². The van der Waals surface area contributed by atoms with Crippen molar-refractivity contribution in [2.45, 2.75) is 90.0 Å². The second-order valence-electron chi connectivity index (χ2n) is 9.42. The lowest BCUT2D eigenvalue weighted by atomic mass is 10.1. The first-order valence-corrected chi connectivity index (χ1v) is 14.9. The van der Waals surface area contributed by atoms with E-state index in [9.17, 15) is 4.79 Å². The van der Waals surface area contributed by atoms with Crippen LogP contribution in [0.15, 0.2) is 41.7 Å². The molecule has 0 fully saturated rings. The van der Waals surface area contributed by atoms with E-state index in [1.807, 2.05) is 48.9 Å². The smallest absolute Gasteiger partial charge is 0.309 e. The van der Waals surface area contributed by atoms with Crippen LogP contribution in [0, 0.1) is 5.92 Å². The molecule has 0 aliphatic heterocycles. The highest BCUT2D eigenvalue weighted by Crippen LogP contribution is 2.33. The fourth-order valence-corrected chi connectivity index (χ4v) is 5.09. The van der Waals surface area contributed by atoms with Gasteiger partial charge < -0.3 is 9.47 Å². The van der Waals surface area contributed by atoms with E-state index < -0.39 is 0 Å². The molecule has 1 unspecified atom stereocenters. The Morgan fingerprint density at radius 1 is 0.919 bits per heavy atom. The van der Waals surface area contributed by atoms with Gasteiger partial charge in [-0.3, -0.25) is 4.79 Å². The second-order valence-corrected chi connectivity index (χ2v) is 10.4. The van der Waals surface area contributed by atoms with Crippen LogP contribution < -0.4 is 4.74 Å². The Hall–Kier alpha value is -2.61. The van der Waals surface area contributed by atoms with Gasteiger partial charge in [0.2, 0.25) is 5.88 Å². The molecule has 0 saturated carbocycles. The Labute approximate surface area is 225 Å². The summed E-state index contributed by atoms with van der Waals surface area (Å²) in [5.74, 6) is 0.756. The number of thioether (sulfide) groups is 1. The first-order valence-electron chi connectivity index (χ1n) is 13.9. The van der Waals surface area contributed by atoms with Gasteiger partial charge >= 0.3 is 5.97 Å². The molecule has 0 saturated heterocycles. The quantitative estimate of drug-likeness (QED) is 0.0739. The van der Waals surface area contributed by atoms with Crippen LogP contribution in [0.2, 0.25) is 0 Å². The van der Waals surface area contributed by atoms with Gasteiger partial charge in [0, 0.05) is 5.75 Å². The highest BCUT2D eigenvalue weighted by atomic mass is 32.2. The molecule has 7 nitrogen and oxygen atoms in total. The molecule has 8 heteroatoms.